The van der Waals surface area contributed by atoms with E-state index in [1.165, 1.54) is 4.57 Å². The van der Waals surface area contributed by atoms with Gasteiger partial charge in [-0.15, -0.1) is 10.2 Å². The number of aryl methyl sites for hydroxylation is 2. The number of hydrogen-bond donors (Lipinski definition) is 1. The molecule has 1 aliphatic rings. The molecule has 1 aliphatic heterocycles. The quantitative estimate of drug-likeness (QED) is 0.514. The number of ether oxygens (including phenoxy) is 1. The molecule has 4 aromatic rings. The first kappa shape index (κ1) is 20.7. The molecule has 0 radical (unpaired) electrons. The number of pyridine rings is 3. The van der Waals surface area contributed by atoms with E-state index in [0.29, 0.717) is 42.7 Å². The van der Waals surface area contributed by atoms with Crippen LogP contribution in [0.5, 0.6) is 0 Å². The molecular formula is C23H21N7O3. The minimum Gasteiger partial charge on any atom is -0.372 e. The Kier molecular flexibility index (Phi) is 5.27. The average molecular weight is 443 g/mol. The van der Waals surface area contributed by atoms with Crippen LogP contribution in [-0.2, 0) is 24.9 Å². The van der Waals surface area contributed by atoms with E-state index in [4.69, 9.17) is 4.74 Å². The molecule has 166 valence electrons. The van der Waals surface area contributed by atoms with Gasteiger partial charge in [0.1, 0.15) is 23.7 Å². The van der Waals surface area contributed by atoms with Crippen molar-refractivity contribution in [2.75, 3.05) is 11.9 Å². The Labute approximate surface area is 188 Å². The molecule has 0 atom stereocenters. The molecule has 4 aromatic heterocycles. The Morgan fingerprint density at radius 2 is 2.03 bits per heavy atom. The van der Waals surface area contributed by atoms with Crippen molar-refractivity contribution in [3.8, 4) is 22.6 Å². The van der Waals surface area contributed by atoms with Crippen molar-refractivity contribution in [3.05, 3.63) is 76.2 Å². The highest BCUT2D eigenvalue weighted by atomic mass is 16.5. The highest BCUT2D eigenvalue weighted by molar-refractivity contribution is 6.04. The molecule has 0 aromatic carbocycles. The minimum atomic E-state index is -0.543. The van der Waals surface area contributed by atoms with E-state index in [0.717, 1.165) is 17.1 Å². The smallest absolute Gasteiger partial charge is 0.263 e. The average Bonchev–Trinajstić information content (AvgIpc) is 3.26. The zero-order valence-corrected chi connectivity index (χ0v) is 18.1. The number of nitrogens with one attached hydrogen (secondary N) is 1. The van der Waals surface area contributed by atoms with Crippen LogP contribution in [-0.4, -0.2) is 41.8 Å². The van der Waals surface area contributed by atoms with E-state index < -0.39 is 11.5 Å². The van der Waals surface area contributed by atoms with Crippen LogP contribution in [0.4, 0.5) is 5.82 Å². The molecule has 0 saturated carbocycles. The molecule has 33 heavy (non-hydrogen) atoms. The first-order chi connectivity index (χ1) is 16.0. The van der Waals surface area contributed by atoms with Crippen molar-refractivity contribution in [2.24, 2.45) is 7.05 Å². The summed E-state index contributed by atoms with van der Waals surface area (Å²) < 4.78 is 8.74. The number of fused-ring (bicyclic) bond motifs is 1. The zero-order chi connectivity index (χ0) is 22.9. The minimum absolute atomic E-state index is 0.0137. The number of amides is 1. The third-order valence-corrected chi connectivity index (χ3v) is 5.41. The Bertz CT molecular complexity index is 1410. The topological polar surface area (TPSA) is 117 Å². The van der Waals surface area contributed by atoms with Gasteiger partial charge in [-0.3, -0.25) is 14.6 Å². The number of hydrogen-bond acceptors (Lipinski definition) is 7. The van der Waals surface area contributed by atoms with Crippen molar-refractivity contribution in [1.82, 2.24) is 29.3 Å². The van der Waals surface area contributed by atoms with Gasteiger partial charge in [-0.05, 0) is 31.2 Å². The van der Waals surface area contributed by atoms with Gasteiger partial charge in [-0.1, -0.05) is 12.1 Å². The third kappa shape index (κ3) is 4.03. The van der Waals surface area contributed by atoms with Crippen molar-refractivity contribution < 1.29 is 9.53 Å². The summed E-state index contributed by atoms with van der Waals surface area (Å²) in [6.07, 6.45) is 3.40. The standard InChI is InChI=1S/C23H21N7O3/c1-14-6-7-15(11-24-14)16-10-17(23(32)29(2)12-16)22(31)26-19-5-3-4-18(25-19)21-28-27-20-13-33-9-8-30(20)21/h3-7,10-12H,8-9,13H2,1-2H3,(H,25,26,31). The molecule has 10 heteroatoms. The number of carbonyl (C=O) groups excluding carboxylic acids is 1. The summed E-state index contributed by atoms with van der Waals surface area (Å²) >= 11 is 0. The fraction of sp³-hybridized carbons (Fsp3) is 0.217. The normalized spacial score (nSPS) is 12.9. The molecule has 10 nitrogen and oxygen atoms in total. The van der Waals surface area contributed by atoms with Crippen molar-refractivity contribution >= 4 is 11.7 Å². The highest BCUT2D eigenvalue weighted by Gasteiger charge is 2.19. The van der Waals surface area contributed by atoms with E-state index in [-0.39, 0.29) is 5.56 Å². The highest BCUT2D eigenvalue weighted by Crippen LogP contribution is 2.22. The molecule has 0 bridgehead atoms. The SMILES string of the molecule is Cc1ccc(-c2cc(C(=O)Nc3cccc(-c4nnc5n4CCOC5)n3)c(=O)n(C)c2)cn1. The van der Waals surface area contributed by atoms with Crippen molar-refractivity contribution in [1.29, 1.82) is 0 Å². The van der Waals surface area contributed by atoms with Crippen LogP contribution in [0.15, 0.2) is 53.6 Å². The van der Waals surface area contributed by atoms with Gasteiger partial charge in [0.25, 0.3) is 11.5 Å². The maximum absolute atomic E-state index is 13.0. The predicted molar refractivity (Wildman–Crippen MR) is 121 cm³/mol. The second-order valence-electron chi connectivity index (χ2n) is 7.75. The Balaban J connectivity index is 1.44. The summed E-state index contributed by atoms with van der Waals surface area (Å²) in [5.41, 5.74) is 2.59. The lowest BCUT2D eigenvalue weighted by Crippen LogP contribution is -2.27. The summed E-state index contributed by atoms with van der Waals surface area (Å²) in [6.45, 7) is 3.50. The maximum atomic E-state index is 13.0. The lowest BCUT2D eigenvalue weighted by Gasteiger charge is -2.15. The molecule has 0 unspecified atom stereocenters. The van der Waals surface area contributed by atoms with Crippen LogP contribution in [0.3, 0.4) is 0 Å². The number of nitrogens with zero attached hydrogens (tertiary/aromatic N) is 6. The lowest BCUT2D eigenvalue weighted by molar-refractivity contribution is 0.0820. The molecule has 5 rings (SSSR count). The van der Waals surface area contributed by atoms with Gasteiger partial charge in [0.15, 0.2) is 11.6 Å². The van der Waals surface area contributed by atoms with E-state index in [9.17, 15) is 9.59 Å². The van der Waals surface area contributed by atoms with Crippen LogP contribution in [0.25, 0.3) is 22.6 Å². The van der Waals surface area contributed by atoms with Gasteiger partial charge in [0.2, 0.25) is 0 Å². The monoisotopic (exact) mass is 443 g/mol. The van der Waals surface area contributed by atoms with Gasteiger partial charge in [-0.25, -0.2) is 4.98 Å². The van der Waals surface area contributed by atoms with Gasteiger partial charge in [0, 0.05) is 42.8 Å². The van der Waals surface area contributed by atoms with Crippen molar-refractivity contribution in [2.45, 2.75) is 20.1 Å². The zero-order valence-electron chi connectivity index (χ0n) is 18.1. The van der Waals surface area contributed by atoms with Gasteiger partial charge in [-0.2, -0.15) is 0 Å². The molecular weight excluding hydrogens is 422 g/mol. The summed E-state index contributed by atoms with van der Waals surface area (Å²) in [7, 11) is 1.61. The first-order valence-electron chi connectivity index (χ1n) is 10.4. The fourth-order valence-corrected chi connectivity index (χ4v) is 3.67. The largest absolute Gasteiger partial charge is 0.372 e. The number of carbonyl (C=O) groups is 1. The van der Waals surface area contributed by atoms with Gasteiger partial charge < -0.3 is 19.2 Å². The second-order valence-corrected chi connectivity index (χ2v) is 7.75. The molecule has 0 fully saturated rings. The lowest BCUT2D eigenvalue weighted by atomic mass is 10.1. The van der Waals surface area contributed by atoms with Crippen LogP contribution in [0.1, 0.15) is 21.9 Å². The summed E-state index contributed by atoms with van der Waals surface area (Å²) in [5, 5.41) is 11.1. The molecule has 0 saturated heterocycles. The molecule has 5 heterocycles. The summed E-state index contributed by atoms with van der Waals surface area (Å²) in [5.74, 6) is 1.11. The molecule has 1 N–H and O–H groups in total. The van der Waals surface area contributed by atoms with Crippen LogP contribution < -0.4 is 10.9 Å². The van der Waals surface area contributed by atoms with E-state index in [2.05, 4.69) is 25.5 Å². The fourth-order valence-electron chi connectivity index (χ4n) is 3.67. The third-order valence-electron chi connectivity index (χ3n) is 5.41. The number of anilines is 1. The van der Waals surface area contributed by atoms with E-state index in [1.807, 2.05) is 23.6 Å². The number of aromatic nitrogens is 6. The van der Waals surface area contributed by atoms with Gasteiger partial charge >= 0.3 is 0 Å². The Morgan fingerprint density at radius 1 is 1.15 bits per heavy atom. The Hall–Kier alpha value is -4.18. The van der Waals surface area contributed by atoms with Crippen molar-refractivity contribution in [3.63, 3.8) is 0 Å². The summed E-state index contributed by atoms with van der Waals surface area (Å²) in [6, 6.07) is 10.6. The number of rotatable bonds is 4. The maximum Gasteiger partial charge on any atom is 0.263 e. The van der Waals surface area contributed by atoms with Gasteiger partial charge in [0.05, 0.1) is 6.61 Å². The van der Waals surface area contributed by atoms with E-state index >= 15 is 0 Å². The molecule has 1 amide bonds. The molecule has 0 aliphatic carbocycles. The van der Waals surface area contributed by atoms with Crippen LogP contribution >= 0.6 is 0 Å². The van der Waals surface area contributed by atoms with Crippen LogP contribution in [0.2, 0.25) is 0 Å². The summed E-state index contributed by atoms with van der Waals surface area (Å²) in [4.78, 5) is 34.5. The predicted octanol–water partition coefficient (Wildman–Crippen LogP) is 2.19. The molecule has 0 spiro atoms. The van der Waals surface area contributed by atoms with E-state index in [1.54, 1.807) is 43.7 Å². The van der Waals surface area contributed by atoms with Crippen LogP contribution in [0, 0.1) is 6.92 Å². The Morgan fingerprint density at radius 3 is 2.85 bits per heavy atom. The second kappa shape index (κ2) is 8.40. The first-order valence-corrected chi connectivity index (χ1v) is 10.4.